The van der Waals surface area contributed by atoms with Crippen LogP contribution in [0.1, 0.15) is 57.5 Å². The molecule has 0 spiro atoms. The van der Waals surface area contributed by atoms with Crippen LogP contribution in [0.15, 0.2) is 72.8 Å². The van der Waals surface area contributed by atoms with E-state index in [9.17, 15) is 19.8 Å². The summed E-state index contributed by atoms with van der Waals surface area (Å²) in [5.41, 5.74) is 1.78. The van der Waals surface area contributed by atoms with E-state index in [4.69, 9.17) is 9.47 Å². The Morgan fingerprint density at radius 1 is 0.618 bits per heavy atom. The molecule has 6 nitrogen and oxygen atoms in total. The Balaban J connectivity index is 1.61. The van der Waals surface area contributed by atoms with Gasteiger partial charge in [-0.3, -0.25) is 0 Å². The van der Waals surface area contributed by atoms with Gasteiger partial charge >= 0.3 is 11.9 Å². The van der Waals surface area contributed by atoms with E-state index in [-0.39, 0.29) is 29.2 Å². The first-order chi connectivity index (χ1) is 16.6. The number of aryl methyl sites for hydroxylation is 2. The molecule has 0 aliphatic carbocycles. The van der Waals surface area contributed by atoms with Crippen LogP contribution in [-0.2, 0) is 12.8 Å². The van der Waals surface area contributed by atoms with Crippen LogP contribution >= 0.6 is 0 Å². The highest BCUT2D eigenvalue weighted by Crippen LogP contribution is 2.34. The zero-order valence-corrected chi connectivity index (χ0v) is 19.1. The first-order valence-corrected chi connectivity index (χ1v) is 11.5. The first-order valence-electron chi connectivity index (χ1n) is 11.5. The van der Waals surface area contributed by atoms with Crippen LogP contribution in [-0.4, -0.2) is 35.4 Å². The Bertz CT molecular complexity index is 1060. The highest BCUT2D eigenvalue weighted by atomic mass is 16.5. The van der Waals surface area contributed by atoms with Gasteiger partial charge in [0.25, 0.3) is 0 Å². The van der Waals surface area contributed by atoms with Crippen molar-refractivity contribution in [3.8, 4) is 11.5 Å². The molecule has 0 aromatic heterocycles. The van der Waals surface area contributed by atoms with Gasteiger partial charge in [-0.15, -0.1) is 0 Å². The highest BCUT2D eigenvalue weighted by molar-refractivity contribution is 6.04. The average molecular weight is 463 g/mol. The molecule has 0 saturated heterocycles. The normalized spacial score (nSPS) is 10.6. The molecule has 34 heavy (non-hydrogen) atoms. The number of carboxylic acids is 2. The van der Waals surface area contributed by atoms with Crippen LogP contribution < -0.4 is 9.47 Å². The van der Waals surface area contributed by atoms with Crippen molar-refractivity contribution in [1.29, 1.82) is 0 Å². The van der Waals surface area contributed by atoms with Gasteiger partial charge in [-0.05, 0) is 61.8 Å². The summed E-state index contributed by atoms with van der Waals surface area (Å²) in [7, 11) is 0. The minimum Gasteiger partial charge on any atom is -0.490 e. The molecule has 0 aliphatic heterocycles. The molecule has 6 heteroatoms. The second-order valence-electron chi connectivity index (χ2n) is 8.01. The van der Waals surface area contributed by atoms with Crippen LogP contribution in [0.25, 0.3) is 0 Å². The van der Waals surface area contributed by atoms with Gasteiger partial charge < -0.3 is 19.7 Å². The van der Waals surface area contributed by atoms with Crippen molar-refractivity contribution in [2.24, 2.45) is 0 Å². The lowest BCUT2D eigenvalue weighted by Crippen LogP contribution is -2.13. The Morgan fingerprint density at radius 2 is 1.15 bits per heavy atom. The molecule has 3 aromatic carbocycles. The van der Waals surface area contributed by atoms with Crippen LogP contribution in [0.5, 0.6) is 11.5 Å². The second-order valence-corrected chi connectivity index (χ2v) is 8.01. The maximum absolute atomic E-state index is 11.9. The van der Waals surface area contributed by atoms with Crippen molar-refractivity contribution in [1.82, 2.24) is 0 Å². The van der Waals surface area contributed by atoms with E-state index in [1.165, 1.54) is 23.3 Å². The van der Waals surface area contributed by atoms with Crippen molar-refractivity contribution >= 4 is 11.9 Å². The number of hydrogen-bond acceptors (Lipinski definition) is 4. The van der Waals surface area contributed by atoms with Crippen LogP contribution in [0, 0.1) is 0 Å². The lowest BCUT2D eigenvalue weighted by Gasteiger charge is -2.16. The van der Waals surface area contributed by atoms with Crippen LogP contribution in [0.2, 0.25) is 0 Å². The molecule has 0 saturated carbocycles. The third kappa shape index (κ3) is 7.37. The topological polar surface area (TPSA) is 93.1 Å². The van der Waals surface area contributed by atoms with E-state index >= 15 is 0 Å². The summed E-state index contributed by atoms with van der Waals surface area (Å²) in [6.45, 7) is 0.642. The number of benzene rings is 3. The number of rotatable bonds is 14. The molecule has 2 N–H and O–H groups in total. The molecular weight excluding hydrogens is 432 g/mol. The number of hydrogen-bond donors (Lipinski definition) is 2. The van der Waals surface area contributed by atoms with E-state index in [0.29, 0.717) is 13.0 Å². The molecule has 0 atom stereocenters. The summed E-state index contributed by atoms with van der Waals surface area (Å²) in [6, 6.07) is 23.0. The molecule has 3 aromatic rings. The first kappa shape index (κ1) is 24.8. The minimum absolute atomic E-state index is 0.0184. The molecular formula is C28H30O6. The summed E-state index contributed by atoms with van der Waals surface area (Å²) >= 11 is 0. The quantitative estimate of drug-likeness (QED) is 0.290. The van der Waals surface area contributed by atoms with Gasteiger partial charge in [0.05, 0.1) is 18.8 Å². The molecule has 0 aliphatic rings. The van der Waals surface area contributed by atoms with E-state index < -0.39 is 11.9 Å². The van der Waals surface area contributed by atoms with Gasteiger partial charge in [-0.1, -0.05) is 60.7 Å². The third-order valence-electron chi connectivity index (χ3n) is 5.48. The summed E-state index contributed by atoms with van der Waals surface area (Å²) in [5, 5.41) is 19.2. The number of carbonyl (C=O) groups is 2. The lowest BCUT2D eigenvalue weighted by atomic mass is 10.1. The largest absolute Gasteiger partial charge is 0.490 e. The van der Waals surface area contributed by atoms with Gasteiger partial charge in [0.15, 0.2) is 11.5 Å². The van der Waals surface area contributed by atoms with Gasteiger partial charge in [0, 0.05) is 0 Å². The standard InChI is InChI=1S/C28H30O6/c29-27(30)23-17-18-24(33-19-9-7-15-21-11-3-1-4-12-21)26(25(23)28(31)32)34-20-10-8-16-22-13-5-2-6-14-22/h1-6,11-14,17-18H,7-10,15-16,19-20H2,(H,29,30)(H,31,32). The van der Waals surface area contributed by atoms with Gasteiger partial charge in [-0.25, -0.2) is 9.59 Å². The van der Waals surface area contributed by atoms with Crippen LogP contribution in [0.4, 0.5) is 0 Å². The fourth-order valence-corrected chi connectivity index (χ4v) is 3.72. The van der Waals surface area contributed by atoms with Crippen molar-refractivity contribution in [3.63, 3.8) is 0 Å². The SMILES string of the molecule is O=C(O)c1ccc(OCCCCc2ccccc2)c(OCCCCc2ccccc2)c1C(=O)O. The Labute approximate surface area is 199 Å². The summed E-state index contributed by atoms with van der Waals surface area (Å²) in [6.07, 6.45) is 5.05. The van der Waals surface area contributed by atoms with Crippen molar-refractivity contribution in [2.75, 3.05) is 13.2 Å². The predicted octanol–water partition coefficient (Wildman–Crippen LogP) is 5.89. The average Bonchev–Trinajstić information content (AvgIpc) is 2.84. The molecule has 0 unspecified atom stereocenters. The number of aromatic carboxylic acids is 2. The predicted molar refractivity (Wildman–Crippen MR) is 130 cm³/mol. The third-order valence-corrected chi connectivity index (χ3v) is 5.48. The van der Waals surface area contributed by atoms with Gasteiger partial charge in [0.1, 0.15) is 5.56 Å². The Kier molecular flexibility index (Phi) is 9.52. The van der Waals surface area contributed by atoms with E-state index in [1.807, 2.05) is 36.4 Å². The van der Waals surface area contributed by atoms with E-state index in [2.05, 4.69) is 24.3 Å². The molecule has 0 heterocycles. The molecule has 3 rings (SSSR count). The smallest absolute Gasteiger partial charge is 0.340 e. The Hall–Kier alpha value is -3.80. The minimum atomic E-state index is -1.36. The number of carboxylic acid groups (broad SMARTS) is 2. The van der Waals surface area contributed by atoms with Gasteiger partial charge in [-0.2, -0.15) is 0 Å². The summed E-state index contributed by atoms with van der Waals surface area (Å²) < 4.78 is 11.7. The van der Waals surface area contributed by atoms with Crippen molar-refractivity contribution < 1.29 is 29.3 Å². The number of unbranched alkanes of at least 4 members (excludes halogenated alkanes) is 2. The van der Waals surface area contributed by atoms with Gasteiger partial charge in [0.2, 0.25) is 0 Å². The molecule has 0 fully saturated rings. The molecule has 178 valence electrons. The summed E-state index contributed by atoms with van der Waals surface area (Å²) in [5.74, 6) is -2.44. The Morgan fingerprint density at radius 3 is 1.65 bits per heavy atom. The zero-order chi connectivity index (χ0) is 24.2. The maximum atomic E-state index is 11.9. The van der Waals surface area contributed by atoms with E-state index in [1.54, 1.807) is 0 Å². The zero-order valence-electron chi connectivity index (χ0n) is 19.1. The van der Waals surface area contributed by atoms with E-state index in [0.717, 1.165) is 32.1 Å². The van der Waals surface area contributed by atoms with Crippen molar-refractivity contribution in [3.05, 3.63) is 95.1 Å². The van der Waals surface area contributed by atoms with Crippen molar-refractivity contribution in [2.45, 2.75) is 38.5 Å². The van der Waals surface area contributed by atoms with Crippen LogP contribution in [0.3, 0.4) is 0 Å². The number of ether oxygens (including phenoxy) is 2. The lowest BCUT2D eigenvalue weighted by molar-refractivity contribution is 0.0646. The molecule has 0 bridgehead atoms. The highest BCUT2D eigenvalue weighted by Gasteiger charge is 2.25. The monoisotopic (exact) mass is 462 g/mol. The fourth-order valence-electron chi connectivity index (χ4n) is 3.72. The molecule has 0 radical (unpaired) electrons. The molecule has 0 amide bonds. The maximum Gasteiger partial charge on any atom is 0.340 e. The second kappa shape index (κ2) is 13.0. The summed E-state index contributed by atoms with van der Waals surface area (Å²) in [4.78, 5) is 23.5. The fraction of sp³-hybridized carbons (Fsp3) is 0.286.